The monoisotopic (exact) mass is 558 g/mol. The Bertz CT molecular complexity index is 1370. The SMILES string of the molecule is COc1ccc(-c2nc3c(C)cc(C4CCN(C5CC6CCC(C5)N6C5CCOCC5)CC4)cc3n2C)cc1OC. The van der Waals surface area contributed by atoms with E-state index in [9.17, 15) is 0 Å². The van der Waals surface area contributed by atoms with E-state index >= 15 is 0 Å². The van der Waals surface area contributed by atoms with E-state index in [0.717, 1.165) is 65.8 Å². The minimum atomic E-state index is 0.618. The van der Waals surface area contributed by atoms with Gasteiger partial charge >= 0.3 is 0 Å². The summed E-state index contributed by atoms with van der Waals surface area (Å²) in [5, 5.41) is 0. The number of aryl methyl sites for hydroxylation is 2. The molecule has 4 aliphatic heterocycles. The zero-order valence-electron chi connectivity index (χ0n) is 25.3. The van der Waals surface area contributed by atoms with Crippen molar-refractivity contribution in [2.24, 2.45) is 7.05 Å². The molecule has 0 amide bonds. The van der Waals surface area contributed by atoms with Gasteiger partial charge in [-0.15, -0.1) is 0 Å². The molecule has 2 atom stereocenters. The van der Waals surface area contributed by atoms with E-state index in [-0.39, 0.29) is 0 Å². The molecule has 7 nitrogen and oxygen atoms in total. The number of rotatable bonds is 6. The zero-order chi connectivity index (χ0) is 28.1. The Morgan fingerprint density at radius 1 is 0.805 bits per heavy atom. The molecule has 2 unspecified atom stereocenters. The van der Waals surface area contributed by atoms with E-state index in [1.807, 2.05) is 12.1 Å². The smallest absolute Gasteiger partial charge is 0.161 e. The molecular weight excluding hydrogens is 512 g/mol. The highest BCUT2D eigenvalue weighted by atomic mass is 16.5. The highest BCUT2D eigenvalue weighted by Crippen LogP contribution is 2.42. The Hall–Kier alpha value is -2.61. The lowest BCUT2D eigenvalue weighted by Gasteiger charge is -2.48. The van der Waals surface area contributed by atoms with Crippen molar-refractivity contribution in [3.05, 3.63) is 41.5 Å². The van der Waals surface area contributed by atoms with Crippen LogP contribution in [0.25, 0.3) is 22.4 Å². The van der Waals surface area contributed by atoms with E-state index in [1.54, 1.807) is 14.2 Å². The van der Waals surface area contributed by atoms with Gasteiger partial charge in [-0.05, 0) is 113 Å². The Morgan fingerprint density at radius 2 is 1.51 bits per heavy atom. The molecule has 2 aromatic carbocycles. The standard InChI is InChI=1S/C34H46N4O3/c1-22-17-25(18-30-33(22)35-34(36(30)2)24-5-8-31(39-3)32(19-24)40-4)23-9-13-37(14-10-23)29-20-27-6-7-28(21-29)38(27)26-11-15-41-16-12-26/h5,8,17-19,23,26-29H,6-7,9-16,20-21H2,1-4H3. The Labute approximate surface area is 244 Å². The number of likely N-dealkylation sites (tertiary alicyclic amines) is 1. The lowest BCUT2D eigenvalue weighted by Crippen LogP contribution is -2.55. The first kappa shape index (κ1) is 27.2. The fourth-order valence-corrected chi connectivity index (χ4v) is 8.61. The van der Waals surface area contributed by atoms with Gasteiger partial charge < -0.3 is 23.7 Å². The molecule has 0 saturated carbocycles. The molecular formula is C34H46N4O3. The summed E-state index contributed by atoms with van der Waals surface area (Å²) < 4.78 is 18.9. The number of hydrogen-bond acceptors (Lipinski definition) is 6. The summed E-state index contributed by atoms with van der Waals surface area (Å²) >= 11 is 0. The summed E-state index contributed by atoms with van der Waals surface area (Å²) in [6.45, 7) is 6.59. The summed E-state index contributed by atoms with van der Waals surface area (Å²) in [5.74, 6) is 3.03. The van der Waals surface area contributed by atoms with Gasteiger partial charge in [-0.25, -0.2) is 4.98 Å². The third kappa shape index (κ3) is 4.94. The minimum Gasteiger partial charge on any atom is -0.493 e. The first-order valence-corrected chi connectivity index (χ1v) is 15.8. The molecule has 4 fully saturated rings. The van der Waals surface area contributed by atoms with Crippen LogP contribution in [0.15, 0.2) is 30.3 Å². The lowest BCUT2D eigenvalue weighted by molar-refractivity contribution is -0.0221. The molecule has 7 rings (SSSR count). The predicted molar refractivity (Wildman–Crippen MR) is 163 cm³/mol. The molecule has 5 heterocycles. The van der Waals surface area contributed by atoms with E-state index in [1.165, 1.54) is 81.1 Å². The van der Waals surface area contributed by atoms with Crippen molar-refractivity contribution >= 4 is 11.0 Å². The van der Waals surface area contributed by atoms with E-state index in [4.69, 9.17) is 19.2 Å². The van der Waals surface area contributed by atoms with Crippen LogP contribution in [0, 0.1) is 6.92 Å². The van der Waals surface area contributed by atoms with Crippen molar-refractivity contribution in [1.82, 2.24) is 19.4 Å². The number of benzene rings is 2. The van der Waals surface area contributed by atoms with Crippen LogP contribution in [-0.4, -0.2) is 84.0 Å². The third-order valence-corrected chi connectivity index (χ3v) is 10.7. The molecule has 1 aromatic heterocycles. The van der Waals surface area contributed by atoms with Crippen molar-refractivity contribution in [3.8, 4) is 22.9 Å². The molecule has 0 spiro atoms. The number of fused-ring (bicyclic) bond motifs is 3. The second-order valence-corrected chi connectivity index (χ2v) is 12.9. The fraction of sp³-hybridized carbons (Fsp3) is 0.618. The van der Waals surface area contributed by atoms with Gasteiger partial charge in [0.15, 0.2) is 11.5 Å². The van der Waals surface area contributed by atoms with Gasteiger partial charge in [0.1, 0.15) is 5.82 Å². The van der Waals surface area contributed by atoms with Crippen molar-refractivity contribution < 1.29 is 14.2 Å². The number of aromatic nitrogens is 2. The Kier molecular flexibility index (Phi) is 7.46. The van der Waals surface area contributed by atoms with Gasteiger partial charge in [-0.3, -0.25) is 4.90 Å². The van der Waals surface area contributed by atoms with E-state index < -0.39 is 0 Å². The summed E-state index contributed by atoms with van der Waals surface area (Å²) in [7, 11) is 5.48. The van der Waals surface area contributed by atoms with Crippen LogP contribution >= 0.6 is 0 Å². The second-order valence-electron chi connectivity index (χ2n) is 12.9. The number of nitrogens with zero attached hydrogens (tertiary/aromatic N) is 4. The molecule has 4 saturated heterocycles. The van der Waals surface area contributed by atoms with Crippen LogP contribution in [0.4, 0.5) is 0 Å². The maximum absolute atomic E-state index is 5.67. The van der Waals surface area contributed by atoms with Gasteiger partial charge in [-0.2, -0.15) is 0 Å². The Morgan fingerprint density at radius 3 is 2.20 bits per heavy atom. The van der Waals surface area contributed by atoms with Crippen LogP contribution < -0.4 is 9.47 Å². The zero-order valence-corrected chi connectivity index (χ0v) is 25.3. The second kappa shape index (κ2) is 11.2. The predicted octanol–water partition coefficient (Wildman–Crippen LogP) is 5.92. The van der Waals surface area contributed by atoms with Gasteiger partial charge in [-0.1, -0.05) is 6.07 Å². The number of piperidine rings is 2. The summed E-state index contributed by atoms with van der Waals surface area (Å²) in [6.07, 6.45) is 10.5. The average Bonchev–Trinajstić information content (AvgIpc) is 3.49. The maximum atomic E-state index is 5.67. The highest BCUT2D eigenvalue weighted by molar-refractivity contribution is 5.84. The first-order valence-electron chi connectivity index (χ1n) is 15.8. The molecule has 7 heteroatoms. The summed E-state index contributed by atoms with van der Waals surface area (Å²) in [6, 6.07) is 14.0. The Balaban J connectivity index is 1.05. The quantitative estimate of drug-likeness (QED) is 0.374. The normalized spacial score (nSPS) is 26.6. The van der Waals surface area contributed by atoms with Gasteiger partial charge in [0.2, 0.25) is 0 Å². The van der Waals surface area contributed by atoms with E-state index in [0.29, 0.717) is 5.92 Å². The number of methoxy groups -OCH3 is 2. The average molecular weight is 559 g/mol. The minimum absolute atomic E-state index is 0.618. The summed E-state index contributed by atoms with van der Waals surface area (Å²) in [5.41, 5.74) is 6.08. The maximum Gasteiger partial charge on any atom is 0.161 e. The van der Waals surface area contributed by atoms with Crippen LogP contribution in [0.3, 0.4) is 0 Å². The summed E-state index contributed by atoms with van der Waals surface area (Å²) in [4.78, 5) is 10.9. The molecule has 0 aliphatic carbocycles. The molecule has 4 aliphatic rings. The highest BCUT2D eigenvalue weighted by Gasteiger charge is 2.45. The van der Waals surface area contributed by atoms with Crippen molar-refractivity contribution in [3.63, 3.8) is 0 Å². The topological polar surface area (TPSA) is 52.0 Å². The van der Waals surface area contributed by atoms with Crippen molar-refractivity contribution in [2.75, 3.05) is 40.5 Å². The lowest BCUT2D eigenvalue weighted by atomic mass is 9.86. The number of imidazole rings is 1. The van der Waals surface area contributed by atoms with Gasteiger partial charge in [0.25, 0.3) is 0 Å². The van der Waals surface area contributed by atoms with Crippen molar-refractivity contribution in [2.45, 2.75) is 88.4 Å². The number of ether oxygens (including phenoxy) is 3. The molecule has 0 radical (unpaired) electrons. The van der Waals surface area contributed by atoms with Crippen molar-refractivity contribution in [1.29, 1.82) is 0 Å². The number of hydrogen-bond donors (Lipinski definition) is 0. The molecule has 2 bridgehead atoms. The third-order valence-electron chi connectivity index (χ3n) is 10.7. The van der Waals surface area contributed by atoms with E-state index in [2.05, 4.69) is 46.5 Å². The van der Waals surface area contributed by atoms with Crippen LogP contribution in [-0.2, 0) is 11.8 Å². The van der Waals surface area contributed by atoms with Gasteiger partial charge in [0.05, 0.1) is 25.3 Å². The first-order chi connectivity index (χ1) is 20.0. The van der Waals surface area contributed by atoms with Crippen LogP contribution in [0.5, 0.6) is 11.5 Å². The molecule has 3 aromatic rings. The molecule has 220 valence electrons. The molecule has 41 heavy (non-hydrogen) atoms. The van der Waals surface area contributed by atoms with Crippen LogP contribution in [0.1, 0.15) is 68.4 Å². The molecule has 0 N–H and O–H groups in total. The van der Waals surface area contributed by atoms with Gasteiger partial charge in [0, 0.05) is 50.0 Å². The fourth-order valence-electron chi connectivity index (χ4n) is 8.61. The van der Waals surface area contributed by atoms with Crippen LogP contribution in [0.2, 0.25) is 0 Å². The largest absolute Gasteiger partial charge is 0.493 e.